The van der Waals surface area contributed by atoms with Gasteiger partial charge in [-0.1, -0.05) is 0 Å². The highest BCUT2D eigenvalue weighted by Crippen LogP contribution is 2.09. The molecule has 82 valence electrons. The molecule has 0 rings (SSSR count). The Morgan fingerprint density at radius 3 is 2.43 bits per heavy atom. The van der Waals surface area contributed by atoms with Crippen LogP contribution in [0.3, 0.4) is 0 Å². The van der Waals surface area contributed by atoms with Crippen LogP contribution in [-0.4, -0.2) is 32.0 Å². The molecule has 0 aromatic carbocycles. The van der Waals surface area contributed by atoms with Crippen LogP contribution in [0.25, 0.3) is 0 Å². The number of Topliss-reactive ketones (excluding diaryl/α,β-unsaturated/α-hetero) is 1. The summed E-state index contributed by atoms with van der Waals surface area (Å²) >= 11 is 0. The number of carbonyl (C=O) groups excluding carboxylic acids is 2. The van der Waals surface area contributed by atoms with Crippen LogP contribution >= 0.6 is 0 Å². The van der Waals surface area contributed by atoms with Gasteiger partial charge in [-0.2, -0.15) is 0 Å². The van der Waals surface area contributed by atoms with Crippen molar-refractivity contribution in [1.82, 2.24) is 5.32 Å². The number of ketones is 1. The first-order chi connectivity index (χ1) is 6.60. The average molecular weight is 201 g/mol. The molecule has 1 unspecified atom stereocenters. The second-order valence-corrected chi connectivity index (χ2v) is 3.39. The quantitative estimate of drug-likeness (QED) is 0.661. The maximum absolute atomic E-state index is 11.2. The zero-order valence-electron chi connectivity index (χ0n) is 9.13. The zero-order valence-corrected chi connectivity index (χ0v) is 9.13. The molecule has 4 nitrogen and oxygen atoms in total. The first-order valence-corrected chi connectivity index (χ1v) is 4.85. The molecule has 1 atom stereocenters. The Morgan fingerprint density at radius 1 is 1.36 bits per heavy atom. The maximum atomic E-state index is 11.2. The van der Waals surface area contributed by atoms with Gasteiger partial charge in [0.05, 0.1) is 0 Å². The van der Waals surface area contributed by atoms with E-state index in [1.807, 2.05) is 6.92 Å². The van der Waals surface area contributed by atoms with Crippen LogP contribution in [0.5, 0.6) is 0 Å². The number of amides is 1. The van der Waals surface area contributed by atoms with Crippen molar-refractivity contribution in [3.05, 3.63) is 0 Å². The van der Waals surface area contributed by atoms with Gasteiger partial charge in [0.2, 0.25) is 5.91 Å². The number of methoxy groups -OCH3 is 1. The van der Waals surface area contributed by atoms with E-state index in [1.165, 1.54) is 6.92 Å². The van der Waals surface area contributed by atoms with Crippen LogP contribution in [0, 0.1) is 5.92 Å². The molecule has 0 spiro atoms. The SMILES string of the molecule is CCNC(=O)CC(COC)CC(C)=O. The van der Waals surface area contributed by atoms with Gasteiger partial charge in [-0.25, -0.2) is 0 Å². The van der Waals surface area contributed by atoms with Gasteiger partial charge >= 0.3 is 0 Å². The molecule has 0 aromatic heterocycles. The normalized spacial score (nSPS) is 12.2. The van der Waals surface area contributed by atoms with Gasteiger partial charge in [0.25, 0.3) is 0 Å². The Bertz CT molecular complexity index is 192. The van der Waals surface area contributed by atoms with Gasteiger partial charge < -0.3 is 14.8 Å². The molecule has 0 aliphatic heterocycles. The van der Waals surface area contributed by atoms with E-state index >= 15 is 0 Å². The number of hydrogen-bond donors (Lipinski definition) is 1. The fraction of sp³-hybridized carbons (Fsp3) is 0.800. The Kier molecular flexibility index (Phi) is 7.02. The maximum Gasteiger partial charge on any atom is 0.220 e. The molecule has 0 saturated heterocycles. The van der Waals surface area contributed by atoms with E-state index in [0.717, 1.165) is 0 Å². The summed E-state index contributed by atoms with van der Waals surface area (Å²) < 4.78 is 4.95. The zero-order chi connectivity index (χ0) is 11.0. The minimum absolute atomic E-state index is 0.00375. The van der Waals surface area contributed by atoms with Crippen LogP contribution in [0.4, 0.5) is 0 Å². The lowest BCUT2D eigenvalue weighted by Gasteiger charge is -2.13. The standard InChI is InChI=1S/C10H19NO3/c1-4-11-10(13)6-9(7-14-3)5-8(2)12/h9H,4-7H2,1-3H3,(H,11,13). The summed E-state index contributed by atoms with van der Waals surface area (Å²) in [6, 6.07) is 0. The number of carbonyl (C=O) groups is 2. The molecule has 0 aliphatic carbocycles. The highest BCUT2D eigenvalue weighted by atomic mass is 16.5. The van der Waals surface area contributed by atoms with Gasteiger partial charge in [0.1, 0.15) is 5.78 Å². The third kappa shape index (κ3) is 6.60. The third-order valence-electron chi connectivity index (χ3n) is 1.83. The molecule has 0 fully saturated rings. The molecule has 0 radical (unpaired) electrons. The molecule has 1 N–H and O–H groups in total. The number of nitrogens with one attached hydrogen (secondary N) is 1. The predicted octanol–water partition coefficient (Wildman–Crippen LogP) is 0.754. The van der Waals surface area contributed by atoms with E-state index in [-0.39, 0.29) is 17.6 Å². The van der Waals surface area contributed by atoms with E-state index in [2.05, 4.69) is 5.32 Å². The van der Waals surface area contributed by atoms with Crippen molar-refractivity contribution in [2.24, 2.45) is 5.92 Å². The highest BCUT2D eigenvalue weighted by Gasteiger charge is 2.15. The van der Waals surface area contributed by atoms with E-state index in [0.29, 0.717) is 26.0 Å². The minimum atomic E-state index is -0.0178. The van der Waals surface area contributed by atoms with Crippen molar-refractivity contribution in [2.45, 2.75) is 26.7 Å². The van der Waals surface area contributed by atoms with Crippen molar-refractivity contribution < 1.29 is 14.3 Å². The minimum Gasteiger partial charge on any atom is -0.384 e. The first kappa shape index (κ1) is 13.1. The van der Waals surface area contributed by atoms with Crippen LogP contribution < -0.4 is 5.32 Å². The van der Waals surface area contributed by atoms with Crippen LogP contribution in [0.15, 0.2) is 0 Å². The summed E-state index contributed by atoms with van der Waals surface area (Å²) in [4.78, 5) is 22.1. The fourth-order valence-electron chi connectivity index (χ4n) is 1.36. The molecule has 14 heavy (non-hydrogen) atoms. The van der Waals surface area contributed by atoms with Gasteiger partial charge in [-0.05, 0) is 19.8 Å². The Balaban J connectivity index is 3.94. The molecule has 0 heterocycles. The molecule has 0 saturated carbocycles. The molecule has 1 amide bonds. The summed E-state index contributed by atoms with van der Waals surface area (Å²) in [7, 11) is 1.57. The lowest BCUT2D eigenvalue weighted by atomic mass is 10.00. The van der Waals surface area contributed by atoms with Gasteiger partial charge in [-0.15, -0.1) is 0 Å². The van der Waals surface area contributed by atoms with Gasteiger partial charge in [0.15, 0.2) is 0 Å². The second kappa shape index (κ2) is 7.50. The largest absolute Gasteiger partial charge is 0.384 e. The van der Waals surface area contributed by atoms with E-state index in [9.17, 15) is 9.59 Å². The Morgan fingerprint density at radius 2 is 2.00 bits per heavy atom. The molecule has 0 aliphatic rings. The van der Waals surface area contributed by atoms with Crippen LogP contribution in [0.2, 0.25) is 0 Å². The lowest BCUT2D eigenvalue weighted by molar-refractivity contribution is -0.123. The van der Waals surface area contributed by atoms with Crippen molar-refractivity contribution in [3.8, 4) is 0 Å². The summed E-state index contributed by atoms with van der Waals surface area (Å²) in [5.74, 6) is 0.0798. The third-order valence-corrected chi connectivity index (χ3v) is 1.83. The van der Waals surface area contributed by atoms with E-state index in [4.69, 9.17) is 4.74 Å². The van der Waals surface area contributed by atoms with Crippen LogP contribution in [-0.2, 0) is 14.3 Å². The molecule has 0 bridgehead atoms. The molecular formula is C10H19NO3. The van der Waals surface area contributed by atoms with Gasteiger partial charge in [0, 0.05) is 33.1 Å². The average Bonchev–Trinajstić information content (AvgIpc) is 2.03. The smallest absolute Gasteiger partial charge is 0.220 e. The number of rotatable bonds is 7. The number of ether oxygens (including phenoxy) is 1. The van der Waals surface area contributed by atoms with Crippen molar-refractivity contribution in [3.63, 3.8) is 0 Å². The lowest BCUT2D eigenvalue weighted by Crippen LogP contribution is -2.27. The summed E-state index contributed by atoms with van der Waals surface area (Å²) in [5, 5.41) is 2.70. The summed E-state index contributed by atoms with van der Waals surface area (Å²) in [5.41, 5.74) is 0. The highest BCUT2D eigenvalue weighted by molar-refractivity contribution is 5.79. The van der Waals surface area contributed by atoms with Crippen molar-refractivity contribution >= 4 is 11.7 Å². The Hall–Kier alpha value is -0.900. The molecular weight excluding hydrogens is 182 g/mol. The fourth-order valence-corrected chi connectivity index (χ4v) is 1.36. The topological polar surface area (TPSA) is 55.4 Å². The van der Waals surface area contributed by atoms with E-state index < -0.39 is 0 Å². The van der Waals surface area contributed by atoms with Crippen molar-refractivity contribution in [2.75, 3.05) is 20.3 Å². The Labute approximate surface area is 85.0 Å². The predicted molar refractivity (Wildman–Crippen MR) is 54.0 cm³/mol. The van der Waals surface area contributed by atoms with Crippen LogP contribution in [0.1, 0.15) is 26.7 Å². The summed E-state index contributed by atoms with van der Waals surface area (Å²) in [6.45, 7) is 4.48. The monoisotopic (exact) mass is 201 g/mol. The number of hydrogen-bond acceptors (Lipinski definition) is 3. The first-order valence-electron chi connectivity index (χ1n) is 4.85. The van der Waals surface area contributed by atoms with Gasteiger partial charge in [-0.3, -0.25) is 4.79 Å². The molecule has 4 heteroatoms. The van der Waals surface area contributed by atoms with E-state index in [1.54, 1.807) is 7.11 Å². The van der Waals surface area contributed by atoms with Crippen molar-refractivity contribution in [1.29, 1.82) is 0 Å². The second-order valence-electron chi connectivity index (χ2n) is 3.39. The summed E-state index contributed by atoms with van der Waals surface area (Å²) in [6.07, 6.45) is 0.770. The molecule has 0 aromatic rings.